The molecule has 1 amide bonds. The minimum atomic E-state index is -0.869. The largest absolute Gasteiger partial charge is 0.481 e. The number of carboxylic acid groups (broad SMARTS) is 1. The molecular weight excluding hydrogens is 552 g/mol. The Morgan fingerprint density at radius 2 is 1.77 bits per heavy atom. The third-order valence-corrected chi connectivity index (χ3v) is 7.58. The van der Waals surface area contributed by atoms with Crippen molar-refractivity contribution in [2.45, 2.75) is 102 Å². The average Bonchev–Trinajstić information content (AvgIpc) is 3.43. The van der Waals surface area contributed by atoms with Gasteiger partial charge in [0.1, 0.15) is 11.6 Å². The number of aliphatic hydroxyl groups is 1. The Morgan fingerprint density at radius 1 is 1.02 bits per heavy atom. The van der Waals surface area contributed by atoms with Crippen LogP contribution in [0.5, 0.6) is 0 Å². The minimum Gasteiger partial charge on any atom is -0.481 e. The molecule has 234 valence electrons. The van der Waals surface area contributed by atoms with Crippen molar-refractivity contribution in [3.05, 3.63) is 65.2 Å². The van der Waals surface area contributed by atoms with E-state index in [1.54, 1.807) is 6.07 Å². The van der Waals surface area contributed by atoms with Crippen molar-refractivity contribution in [3.8, 4) is 0 Å². The molecule has 0 bridgehead atoms. The fourth-order valence-electron chi connectivity index (χ4n) is 5.52. The van der Waals surface area contributed by atoms with E-state index in [0.717, 1.165) is 36.1 Å². The van der Waals surface area contributed by atoms with Gasteiger partial charge in [0.2, 0.25) is 5.91 Å². The van der Waals surface area contributed by atoms with Crippen molar-refractivity contribution in [3.63, 3.8) is 0 Å². The van der Waals surface area contributed by atoms with E-state index >= 15 is 0 Å². The molecule has 4 atom stereocenters. The molecule has 2 aromatic rings. The van der Waals surface area contributed by atoms with Crippen LogP contribution in [0.15, 0.2) is 48.5 Å². The topological polar surface area (TPSA) is 135 Å². The maximum Gasteiger partial charge on any atom is 0.323 e. The molecule has 2 saturated heterocycles. The Labute approximate surface area is 253 Å². The van der Waals surface area contributed by atoms with E-state index in [-0.39, 0.29) is 49.6 Å². The van der Waals surface area contributed by atoms with Crippen LogP contribution in [0.3, 0.4) is 0 Å². The lowest BCUT2D eigenvalue weighted by Crippen LogP contribution is -2.45. The average molecular weight is 597 g/mol. The molecule has 0 aromatic heterocycles. The standard InChI is InChI=1S/C33H44N2O8/c1-33(2,3)43-31(40)27-10-7-17-35(27)20-26-19-28(23-15-13-22(21-36)14-16-23)42-32(41-26)24-8-6-9-25(18-24)34-29(37)11-4-5-12-30(38)39/h6,8-9,13-16,18,26-28,32,36H,4-5,7,10-12,17,19-21H2,1-3H3,(H,34,37)(H,38,39). The molecule has 0 saturated carbocycles. The Kier molecular flexibility index (Phi) is 11.3. The molecule has 2 aliphatic heterocycles. The number of hydrogen-bond acceptors (Lipinski definition) is 8. The SMILES string of the molecule is CC(C)(C)OC(=O)C1CCCN1CC1CC(c2ccc(CO)cc2)OC(c2cccc(NC(=O)CCCCC(=O)O)c2)O1. The number of likely N-dealkylation sites (tertiary alicyclic amines) is 1. The Hall–Kier alpha value is -3.31. The first kappa shape index (κ1) is 32.6. The maximum absolute atomic E-state index is 13.0. The normalized spacial score (nSPS) is 22.7. The zero-order chi connectivity index (χ0) is 31.0. The highest BCUT2D eigenvalue weighted by molar-refractivity contribution is 5.90. The Bertz CT molecular complexity index is 1240. The molecule has 3 N–H and O–H groups in total. The summed E-state index contributed by atoms with van der Waals surface area (Å²) >= 11 is 0. The molecule has 4 rings (SSSR count). The van der Waals surface area contributed by atoms with Crippen molar-refractivity contribution in [1.82, 2.24) is 4.90 Å². The number of aliphatic hydroxyl groups excluding tert-OH is 1. The number of carbonyl (C=O) groups excluding carboxylic acids is 2. The van der Waals surface area contributed by atoms with Gasteiger partial charge in [0, 0.05) is 37.1 Å². The Balaban J connectivity index is 1.48. The van der Waals surface area contributed by atoms with Gasteiger partial charge in [-0.05, 0) is 76.3 Å². The number of benzene rings is 2. The number of hydrogen-bond donors (Lipinski definition) is 3. The van der Waals surface area contributed by atoms with E-state index in [0.29, 0.717) is 31.5 Å². The zero-order valence-electron chi connectivity index (χ0n) is 25.3. The van der Waals surface area contributed by atoms with E-state index in [1.807, 2.05) is 63.2 Å². The number of anilines is 1. The fourth-order valence-corrected chi connectivity index (χ4v) is 5.52. The van der Waals surface area contributed by atoms with Gasteiger partial charge in [-0.1, -0.05) is 36.4 Å². The molecule has 2 heterocycles. The van der Waals surface area contributed by atoms with E-state index in [9.17, 15) is 19.5 Å². The predicted molar refractivity (Wildman–Crippen MR) is 160 cm³/mol. The van der Waals surface area contributed by atoms with Crippen LogP contribution in [-0.4, -0.2) is 63.8 Å². The van der Waals surface area contributed by atoms with Crippen molar-refractivity contribution >= 4 is 23.5 Å². The fraction of sp³-hybridized carbons (Fsp3) is 0.545. The molecule has 2 aliphatic rings. The number of ether oxygens (including phenoxy) is 3. The van der Waals surface area contributed by atoms with Crippen LogP contribution in [0, 0.1) is 0 Å². The number of carbonyl (C=O) groups is 3. The van der Waals surface area contributed by atoms with Gasteiger partial charge in [0.15, 0.2) is 6.29 Å². The summed E-state index contributed by atoms with van der Waals surface area (Å²) in [4.78, 5) is 38.3. The third-order valence-electron chi connectivity index (χ3n) is 7.58. The smallest absolute Gasteiger partial charge is 0.323 e. The number of nitrogens with one attached hydrogen (secondary N) is 1. The highest BCUT2D eigenvalue weighted by atomic mass is 16.7. The van der Waals surface area contributed by atoms with Gasteiger partial charge in [-0.25, -0.2) is 0 Å². The first-order chi connectivity index (χ1) is 20.5. The first-order valence-corrected chi connectivity index (χ1v) is 15.1. The molecule has 2 fully saturated rings. The van der Waals surface area contributed by atoms with Crippen LogP contribution in [-0.2, 0) is 35.2 Å². The molecule has 0 spiro atoms. The number of amides is 1. The van der Waals surface area contributed by atoms with E-state index in [2.05, 4.69) is 10.2 Å². The van der Waals surface area contributed by atoms with Crippen LogP contribution >= 0.6 is 0 Å². The number of aliphatic carboxylic acids is 1. The highest BCUT2D eigenvalue weighted by Gasteiger charge is 2.39. The second kappa shape index (κ2) is 14.9. The number of esters is 1. The summed E-state index contributed by atoms with van der Waals surface area (Å²) in [5.41, 5.74) is 2.56. The summed E-state index contributed by atoms with van der Waals surface area (Å²) < 4.78 is 18.7. The quantitative estimate of drug-likeness (QED) is 0.226. The van der Waals surface area contributed by atoms with Gasteiger partial charge in [0.05, 0.1) is 18.8 Å². The van der Waals surface area contributed by atoms with Crippen LogP contribution < -0.4 is 5.32 Å². The molecule has 4 unspecified atom stereocenters. The first-order valence-electron chi connectivity index (χ1n) is 15.1. The number of carboxylic acids is 1. The van der Waals surface area contributed by atoms with Gasteiger partial charge < -0.3 is 29.7 Å². The summed E-state index contributed by atoms with van der Waals surface area (Å²) in [6.45, 7) is 6.90. The van der Waals surface area contributed by atoms with E-state index in [4.69, 9.17) is 19.3 Å². The van der Waals surface area contributed by atoms with Gasteiger partial charge in [0.25, 0.3) is 0 Å². The number of nitrogens with zero attached hydrogens (tertiary/aromatic N) is 1. The lowest BCUT2D eigenvalue weighted by Gasteiger charge is -2.38. The minimum absolute atomic E-state index is 0.0418. The van der Waals surface area contributed by atoms with Gasteiger partial charge in [-0.3, -0.25) is 19.3 Å². The lowest BCUT2D eigenvalue weighted by molar-refractivity contribution is -0.253. The lowest BCUT2D eigenvalue weighted by atomic mass is 9.99. The monoisotopic (exact) mass is 596 g/mol. The molecule has 0 aliphatic carbocycles. The van der Waals surface area contributed by atoms with Crippen LogP contribution in [0.25, 0.3) is 0 Å². The molecule has 2 aromatic carbocycles. The van der Waals surface area contributed by atoms with Crippen LogP contribution in [0.4, 0.5) is 5.69 Å². The molecule has 0 radical (unpaired) electrons. The predicted octanol–water partition coefficient (Wildman–Crippen LogP) is 5.11. The summed E-state index contributed by atoms with van der Waals surface area (Å²) in [7, 11) is 0. The highest BCUT2D eigenvalue weighted by Crippen LogP contribution is 2.39. The summed E-state index contributed by atoms with van der Waals surface area (Å²) in [6, 6.07) is 14.7. The second-order valence-electron chi connectivity index (χ2n) is 12.3. The van der Waals surface area contributed by atoms with Crippen LogP contribution in [0.1, 0.15) is 94.8 Å². The van der Waals surface area contributed by atoms with Crippen molar-refractivity contribution in [2.24, 2.45) is 0 Å². The summed E-state index contributed by atoms with van der Waals surface area (Å²) in [5, 5.41) is 21.2. The third kappa shape index (κ3) is 9.86. The zero-order valence-corrected chi connectivity index (χ0v) is 25.3. The van der Waals surface area contributed by atoms with Crippen molar-refractivity contribution in [2.75, 3.05) is 18.4 Å². The molecular formula is C33H44N2O8. The van der Waals surface area contributed by atoms with Crippen molar-refractivity contribution < 1.29 is 38.8 Å². The number of unbranched alkanes of at least 4 members (excludes halogenated alkanes) is 1. The number of rotatable bonds is 12. The van der Waals surface area contributed by atoms with Gasteiger partial charge in [-0.15, -0.1) is 0 Å². The van der Waals surface area contributed by atoms with Crippen LogP contribution in [0.2, 0.25) is 0 Å². The molecule has 10 heteroatoms. The summed E-state index contributed by atoms with van der Waals surface area (Å²) in [6.07, 6.45) is 2.20. The summed E-state index contributed by atoms with van der Waals surface area (Å²) in [5.74, 6) is -1.27. The van der Waals surface area contributed by atoms with Gasteiger partial charge in [-0.2, -0.15) is 0 Å². The molecule has 43 heavy (non-hydrogen) atoms. The van der Waals surface area contributed by atoms with Crippen molar-refractivity contribution in [1.29, 1.82) is 0 Å². The van der Waals surface area contributed by atoms with E-state index in [1.165, 1.54) is 0 Å². The maximum atomic E-state index is 13.0. The second-order valence-corrected chi connectivity index (χ2v) is 12.3. The Morgan fingerprint density at radius 3 is 2.47 bits per heavy atom. The van der Waals surface area contributed by atoms with Gasteiger partial charge >= 0.3 is 11.9 Å². The molecule has 10 nitrogen and oxygen atoms in total. The van der Waals surface area contributed by atoms with E-state index < -0.39 is 17.9 Å².